The third-order valence-electron chi connectivity index (χ3n) is 0.626. The first-order valence-corrected chi connectivity index (χ1v) is 2.60. The molecule has 0 amide bonds. The summed E-state index contributed by atoms with van der Waals surface area (Å²) < 4.78 is 0. The maximum absolute atomic E-state index is 9.95. The Morgan fingerprint density at radius 2 is 2.22 bits per heavy atom. The minimum atomic E-state index is 0.218. The van der Waals surface area contributed by atoms with Crippen LogP contribution in [0.5, 0.6) is 0 Å². The van der Waals surface area contributed by atoms with E-state index in [4.69, 9.17) is 17.0 Å². The van der Waals surface area contributed by atoms with E-state index in [0.717, 1.165) is 6.21 Å². The summed E-state index contributed by atoms with van der Waals surface area (Å²) in [6, 6.07) is 0. The molecule has 0 saturated carbocycles. The van der Waals surface area contributed by atoms with Crippen LogP contribution in [0.4, 0.5) is 0 Å². The molecule has 0 rings (SSSR count). The van der Waals surface area contributed by atoms with Crippen molar-refractivity contribution in [2.45, 2.75) is 0 Å². The lowest BCUT2D eigenvalue weighted by molar-refractivity contribution is -0.104. The fourth-order valence-electron chi connectivity index (χ4n) is 0.291. The molecule has 0 bridgehead atoms. The Hall–Kier alpha value is -0.890. The smallest absolute Gasteiger partial charge is 0.151 e. The summed E-state index contributed by atoms with van der Waals surface area (Å²) in [4.78, 5) is 9.95. The average molecular weight is 144 g/mol. The van der Waals surface area contributed by atoms with Crippen LogP contribution >= 0.6 is 11.6 Å². The van der Waals surface area contributed by atoms with Crippen molar-refractivity contribution >= 4 is 24.1 Å². The Balaban J connectivity index is 4.24. The molecular weight excluding hydrogens is 138 g/mol. The van der Waals surface area contributed by atoms with Crippen LogP contribution in [-0.4, -0.2) is 12.5 Å². The van der Waals surface area contributed by atoms with Gasteiger partial charge in [0.2, 0.25) is 0 Å². The van der Waals surface area contributed by atoms with Gasteiger partial charge < -0.3 is 5.41 Å². The van der Waals surface area contributed by atoms with Crippen LogP contribution in [0.25, 0.3) is 0 Å². The van der Waals surface area contributed by atoms with Gasteiger partial charge in [0, 0.05) is 16.8 Å². The monoisotopic (exact) mass is 143 g/mol. The molecule has 0 aliphatic rings. The van der Waals surface area contributed by atoms with Gasteiger partial charge in [-0.1, -0.05) is 18.2 Å². The fourth-order valence-corrected chi connectivity index (χ4v) is 0.417. The van der Waals surface area contributed by atoms with E-state index in [1.165, 1.54) is 6.08 Å². The highest BCUT2D eigenvalue weighted by atomic mass is 35.5. The van der Waals surface area contributed by atoms with Crippen molar-refractivity contribution < 1.29 is 4.79 Å². The molecule has 0 radical (unpaired) electrons. The fraction of sp³-hybridized carbons (Fsp3) is 0. The lowest BCUT2D eigenvalue weighted by atomic mass is 10.3. The van der Waals surface area contributed by atoms with Crippen molar-refractivity contribution in [2.75, 3.05) is 0 Å². The molecule has 0 unspecified atom stereocenters. The molecule has 0 atom stereocenters. The zero-order chi connectivity index (χ0) is 7.28. The second kappa shape index (κ2) is 4.04. The lowest BCUT2D eigenvalue weighted by Crippen LogP contribution is -1.83. The number of carbonyl (C=O) groups is 1. The van der Waals surface area contributed by atoms with E-state index >= 15 is 0 Å². The normalized spacial score (nSPS) is 10.6. The van der Waals surface area contributed by atoms with E-state index < -0.39 is 0 Å². The summed E-state index contributed by atoms with van der Waals surface area (Å²) in [5.74, 6) is 0. The lowest BCUT2D eigenvalue weighted by Gasteiger charge is -1.83. The van der Waals surface area contributed by atoms with E-state index in [-0.39, 0.29) is 10.6 Å². The van der Waals surface area contributed by atoms with Gasteiger partial charge in [0.25, 0.3) is 0 Å². The Kier molecular flexibility index (Phi) is 3.64. The Morgan fingerprint density at radius 1 is 1.67 bits per heavy atom. The van der Waals surface area contributed by atoms with E-state index in [0.29, 0.717) is 6.29 Å². The minimum Gasteiger partial charge on any atom is -0.308 e. The van der Waals surface area contributed by atoms with Gasteiger partial charge in [-0.25, -0.2) is 0 Å². The SMILES string of the molecule is C=C(Cl)/C=C(\C=N)C=O. The number of aldehydes is 1. The topological polar surface area (TPSA) is 40.9 Å². The third-order valence-corrected chi connectivity index (χ3v) is 0.735. The largest absolute Gasteiger partial charge is 0.308 e. The standard InChI is InChI=1S/C6H6ClNO/c1-5(7)2-6(3-8)4-9/h2-4,8H,1H2/b6-2+,8-3?. The molecular formula is C6H6ClNO. The van der Waals surface area contributed by atoms with Crippen molar-refractivity contribution in [2.24, 2.45) is 0 Å². The van der Waals surface area contributed by atoms with Crippen LogP contribution in [-0.2, 0) is 4.79 Å². The molecule has 0 aliphatic carbocycles. The first kappa shape index (κ1) is 8.11. The molecule has 3 heteroatoms. The van der Waals surface area contributed by atoms with Crippen molar-refractivity contribution in [3.05, 3.63) is 23.3 Å². The summed E-state index contributed by atoms with van der Waals surface area (Å²) in [5, 5.41) is 6.88. The Bertz CT molecular complexity index is 162. The van der Waals surface area contributed by atoms with Gasteiger partial charge >= 0.3 is 0 Å². The van der Waals surface area contributed by atoms with E-state index in [9.17, 15) is 4.79 Å². The highest BCUT2D eigenvalue weighted by Gasteiger charge is 1.87. The molecule has 9 heavy (non-hydrogen) atoms. The quantitative estimate of drug-likeness (QED) is 0.277. The summed E-state index contributed by atoms with van der Waals surface area (Å²) in [7, 11) is 0. The molecule has 0 aromatic carbocycles. The minimum absolute atomic E-state index is 0.218. The number of halogens is 1. The number of carbonyl (C=O) groups excluding carboxylic acids is 1. The maximum Gasteiger partial charge on any atom is 0.151 e. The van der Waals surface area contributed by atoms with Crippen LogP contribution < -0.4 is 0 Å². The van der Waals surface area contributed by atoms with Gasteiger partial charge in [0.1, 0.15) is 0 Å². The molecule has 0 fully saturated rings. The van der Waals surface area contributed by atoms with Crippen LogP contribution in [0.2, 0.25) is 0 Å². The molecule has 0 heterocycles. The van der Waals surface area contributed by atoms with E-state index in [2.05, 4.69) is 6.58 Å². The summed E-state index contributed by atoms with van der Waals surface area (Å²) in [6.07, 6.45) is 2.78. The van der Waals surface area contributed by atoms with Gasteiger partial charge in [-0.05, 0) is 6.08 Å². The van der Waals surface area contributed by atoms with Gasteiger partial charge in [-0.15, -0.1) is 0 Å². The number of rotatable bonds is 3. The summed E-state index contributed by atoms with van der Waals surface area (Å²) in [6.45, 7) is 3.32. The van der Waals surface area contributed by atoms with Crippen LogP contribution in [0.3, 0.4) is 0 Å². The van der Waals surface area contributed by atoms with Crippen LogP contribution in [0, 0.1) is 5.41 Å². The molecule has 0 saturated heterocycles. The second-order valence-corrected chi connectivity index (χ2v) is 1.84. The molecule has 2 nitrogen and oxygen atoms in total. The van der Waals surface area contributed by atoms with Gasteiger partial charge in [-0.3, -0.25) is 4.79 Å². The predicted octanol–water partition coefficient (Wildman–Crippen LogP) is 1.51. The highest BCUT2D eigenvalue weighted by molar-refractivity contribution is 6.31. The van der Waals surface area contributed by atoms with Gasteiger partial charge in [0.15, 0.2) is 6.29 Å². The number of hydrogen-bond donors (Lipinski definition) is 1. The first-order valence-electron chi connectivity index (χ1n) is 2.22. The molecule has 0 spiro atoms. The summed E-state index contributed by atoms with van der Waals surface area (Å²) in [5.41, 5.74) is 0.218. The number of nitrogens with one attached hydrogen (secondary N) is 1. The van der Waals surface area contributed by atoms with Crippen molar-refractivity contribution in [3.63, 3.8) is 0 Å². The summed E-state index contributed by atoms with van der Waals surface area (Å²) >= 11 is 5.30. The molecule has 1 N–H and O–H groups in total. The van der Waals surface area contributed by atoms with Crippen LogP contribution in [0.15, 0.2) is 23.3 Å². The number of allylic oxidation sites excluding steroid dienone is 3. The Labute approximate surface area is 58.3 Å². The first-order chi connectivity index (χ1) is 4.20. The van der Waals surface area contributed by atoms with E-state index in [1.54, 1.807) is 0 Å². The van der Waals surface area contributed by atoms with Crippen molar-refractivity contribution in [3.8, 4) is 0 Å². The predicted molar refractivity (Wildman–Crippen MR) is 37.9 cm³/mol. The number of hydrogen-bond acceptors (Lipinski definition) is 2. The molecule has 0 aromatic rings. The molecule has 0 aromatic heterocycles. The zero-order valence-corrected chi connectivity index (χ0v) is 5.48. The van der Waals surface area contributed by atoms with Crippen molar-refractivity contribution in [1.29, 1.82) is 5.41 Å². The second-order valence-electron chi connectivity index (χ2n) is 1.35. The Morgan fingerprint density at radius 3 is 2.33 bits per heavy atom. The van der Waals surface area contributed by atoms with Crippen molar-refractivity contribution in [1.82, 2.24) is 0 Å². The van der Waals surface area contributed by atoms with Gasteiger partial charge in [0.05, 0.1) is 0 Å². The van der Waals surface area contributed by atoms with Crippen LogP contribution in [0.1, 0.15) is 0 Å². The molecule has 48 valence electrons. The highest BCUT2D eigenvalue weighted by Crippen LogP contribution is 2.00. The maximum atomic E-state index is 9.95. The average Bonchev–Trinajstić information content (AvgIpc) is 1.82. The third kappa shape index (κ3) is 3.67. The molecule has 0 aliphatic heterocycles. The van der Waals surface area contributed by atoms with Gasteiger partial charge in [-0.2, -0.15) is 0 Å². The zero-order valence-electron chi connectivity index (χ0n) is 4.73. The van der Waals surface area contributed by atoms with E-state index in [1.807, 2.05) is 0 Å².